The molecule has 2 rings (SSSR count). The van der Waals surface area contributed by atoms with Crippen molar-refractivity contribution in [2.45, 2.75) is 0 Å². The molecule has 0 aliphatic rings. The lowest BCUT2D eigenvalue weighted by atomic mass is 10.1. The van der Waals surface area contributed by atoms with Crippen molar-refractivity contribution in [3.8, 4) is 0 Å². The number of hydrogen-bond donors (Lipinski definition) is 1. The highest BCUT2D eigenvalue weighted by atomic mass is 19.1. The predicted octanol–water partition coefficient (Wildman–Crippen LogP) is 2.19. The molecule has 9 heteroatoms. The van der Waals surface area contributed by atoms with Gasteiger partial charge >= 0.3 is 17.9 Å². The van der Waals surface area contributed by atoms with E-state index in [-0.39, 0.29) is 22.4 Å². The van der Waals surface area contributed by atoms with Crippen LogP contribution in [0.5, 0.6) is 0 Å². The Hall–Kier alpha value is -3.75. The minimum Gasteiger partial charge on any atom is -0.465 e. The summed E-state index contributed by atoms with van der Waals surface area (Å²) in [5.41, 5.74) is -0.223. The molecular weight excluding hydrogens is 373 g/mol. The Bertz CT molecular complexity index is 892. The van der Waals surface area contributed by atoms with Crippen molar-refractivity contribution in [2.75, 3.05) is 26.1 Å². The number of rotatable bonds is 6. The molecule has 0 unspecified atom stereocenters. The molecule has 0 aliphatic carbocycles. The van der Waals surface area contributed by atoms with Gasteiger partial charge in [0, 0.05) is 5.69 Å². The van der Waals surface area contributed by atoms with Gasteiger partial charge in [-0.05, 0) is 30.3 Å². The average Bonchev–Trinajstić information content (AvgIpc) is 2.70. The van der Waals surface area contributed by atoms with Crippen LogP contribution in [0.3, 0.4) is 0 Å². The van der Waals surface area contributed by atoms with E-state index in [0.717, 1.165) is 20.3 Å². The first-order valence-corrected chi connectivity index (χ1v) is 7.89. The largest absolute Gasteiger partial charge is 0.465 e. The maximum absolute atomic E-state index is 13.5. The van der Waals surface area contributed by atoms with Gasteiger partial charge < -0.3 is 19.5 Å². The third-order valence-electron chi connectivity index (χ3n) is 3.49. The molecule has 0 spiro atoms. The van der Waals surface area contributed by atoms with Crippen molar-refractivity contribution in [1.29, 1.82) is 0 Å². The molecule has 0 saturated heterocycles. The van der Waals surface area contributed by atoms with E-state index in [1.54, 1.807) is 0 Å². The second kappa shape index (κ2) is 9.26. The molecule has 0 bridgehead atoms. The number of nitrogens with one attached hydrogen (secondary N) is 1. The molecular formula is C19H16FNO7. The van der Waals surface area contributed by atoms with Gasteiger partial charge in [-0.3, -0.25) is 4.79 Å². The Labute approximate surface area is 159 Å². The van der Waals surface area contributed by atoms with Crippen LogP contribution in [-0.2, 0) is 19.0 Å². The summed E-state index contributed by atoms with van der Waals surface area (Å²) in [6.45, 7) is -0.705. The number of carbonyl (C=O) groups excluding carboxylic acids is 4. The van der Waals surface area contributed by atoms with Gasteiger partial charge in [0.15, 0.2) is 6.61 Å². The molecule has 146 valence electrons. The first-order valence-electron chi connectivity index (χ1n) is 7.89. The lowest BCUT2D eigenvalue weighted by molar-refractivity contribution is -0.119. The van der Waals surface area contributed by atoms with Crippen LogP contribution in [0.1, 0.15) is 31.1 Å². The number of amides is 1. The minimum absolute atomic E-state index is 0.00375. The summed E-state index contributed by atoms with van der Waals surface area (Å²) >= 11 is 0. The van der Waals surface area contributed by atoms with Gasteiger partial charge in [0.1, 0.15) is 5.82 Å². The molecule has 0 saturated carbocycles. The summed E-state index contributed by atoms with van der Waals surface area (Å²) in [5, 5.41) is 2.38. The van der Waals surface area contributed by atoms with Gasteiger partial charge in [0.2, 0.25) is 0 Å². The highest BCUT2D eigenvalue weighted by Gasteiger charge is 2.17. The maximum atomic E-state index is 13.5. The lowest BCUT2D eigenvalue weighted by Crippen LogP contribution is -2.22. The zero-order valence-corrected chi connectivity index (χ0v) is 15.0. The fourth-order valence-electron chi connectivity index (χ4n) is 2.20. The molecule has 0 heterocycles. The molecule has 0 aromatic heterocycles. The van der Waals surface area contributed by atoms with E-state index in [4.69, 9.17) is 4.74 Å². The zero-order chi connectivity index (χ0) is 20.7. The second-order valence-corrected chi connectivity index (χ2v) is 5.39. The fraction of sp³-hybridized carbons (Fsp3) is 0.158. The van der Waals surface area contributed by atoms with Crippen LogP contribution in [0.15, 0.2) is 42.5 Å². The molecule has 2 aromatic carbocycles. The maximum Gasteiger partial charge on any atom is 0.341 e. The average molecular weight is 389 g/mol. The topological polar surface area (TPSA) is 108 Å². The molecule has 28 heavy (non-hydrogen) atoms. The summed E-state index contributed by atoms with van der Waals surface area (Å²) in [4.78, 5) is 47.3. The number of halogens is 1. The fourth-order valence-corrected chi connectivity index (χ4v) is 2.20. The SMILES string of the molecule is COC(=O)c1cc(NC(=O)COC(=O)c2ccccc2F)cc(C(=O)OC)c1. The number of methoxy groups -OCH3 is 2. The predicted molar refractivity (Wildman–Crippen MR) is 94.4 cm³/mol. The normalized spacial score (nSPS) is 9.96. The van der Waals surface area contributed by atoms with E-state index in [1.165, 1.54) is 36.4 Å². The molecule has 0 fully saturated rings. The standard InChI is InChI=1S/C19H16FNO7/c1-26-17(23)11-7-12(18(24)27-2)9-13(8-11)21-16(22)10-28-19(25)14-5-3-4-6-15(14)20/h3-9H,10H2,1-2H3,(H,21,22). The smallest absolute Gasteiger partial charge is 0.341 e. The number of ether oxygens (including phenoxy) is 3. The summed E-state index contributed by atoms with van der Waals surface area (Å²) < 4.78 is 27.5. The van der Waals surface area contributed by atoms with E-state index in [1.807, 2.05) is 0 Å². The van der Waals surface area contributed by atoms with E-state index in [2.05, 4.69) is 14.8 Å². The van der Waals surface area contributed by atoms with Crippen molar-refractivity contribution in [1.82, 2.24) is 0 Å². The Morgan fingerprint density at radius 1 is 0.893 bits per heavy atom. The van der Waals surface area contributed by atoms with Crippen molar-refractivity contribution in [2.24, 2.45) is 0 Å². The molecule has 0 aliphatic heterocycles. The molecule has 1 amide bonds. The second-order valence-electron chi connectivity index (χ2n) is 5.39. The van der Waals surface area contributed by atoms with Gasteiger partial charge in [-0.1, -0.05) is 12.1 Å². The van der Waals surface area contributed by atoms with E-state index in [0.29, 0.717) is 0 Å². The van der Waals surface area contributed by atoms with Crippen molar-refractivity contribution >= 4 is 29.5 Å². The van der Waals surface area contributed by atoms with Crippen molar-refractivity contribution < 1.29 is 37.8 Å². The van der Waals surface area contributed by atoms with Crippen LogP contribution in [-0.4, -0.2) is 44.6 Å². The first-order chi connectivity index (χ1) is 13.3. The number of hydrogen-bond acceptors (Lipinski definition) is 7. The Kier molecular flexibility index (Phi) is 6.80. The van der Waals surface area contributed by atoms with Gasteiger partial charge in [-0.25, -0.2) is 18.8 Å². The van der Waals surface area contributed by atoms with Crippen LogP contribution in [0.4, 0.5) is 10.1 Å². The minimum atomic E-state index is -1.01. The summed E-state index contributed by atoms with van der Waals surface area (Å²) in [7, 11) is 2.32. The molecule has 0 atom stereocenters. The van der Waals surface area contributed by atoms with Crippen LogP contribution < -0.4 is 5.32 Å². The lowest BCUT2D eigenvalue weighted by Gasteiger charge is -2.10. The van der Waals surface area contributed by atoms with Gasteiger partial charge in [-0.2, -0.15) is 0 Å². The summed E-state index contributed by atoms with van der Waals surface area (Å²) in [6.07, 6.45) is 0. The highest BCUT2D eigenvalue weighted by molar-refractivity contribution is 6.00. The van der Waals surface area contributed by atoms with Crippen LogP contribution in [0, 0.1) is 5.82 Å². The van der Waals surface area contributed by atoms with Crippen molar-refractivity contribution in [3.63, 3.8) is 0 Å². The zero-order valence-electron chi connectivity index (χ0n) is 15.0. The third kappa shape index (κ3) is 5.13. The quantitative estimate of drug-likeness (QED) is 0.596. The monoisotopic (exact) mass is 389 g/mol. The molecule has 8 nitrogen and oxygen atoms in total. The van der Waals surface area contributed by atoms with Crippen LogP contribution >= 0.6 is 0 Å². The number of anilines is 1. The van der Waals surface area contributed by atoms with Crippen LogP contribution in [0.25, 0.3) is 0 Å². The Morgan fingerprint density at radius 2 is 1.46 bits per heavy atom. The summed E-state index contributed by atoms with van der Waals surface area (Å²) in [6, 6.07) is 8.95. The number of benzene rings is 2. The van der Waals surface area contributed by atoms with Gasteiger partial charge in [0.25, 0.3) is 5.91 Å². The van der Waals surface area contributed by atoms with E-state index < -0.39 is 36.2 Å². The van der Waals surface area contributed by atoms with Crippen LogP contribution in [0.2, 0.25) is 0 Å². The number of esters is 3. The first kappa shape index (κ1) is 20.6. The van der Waals surface area contributed by atoms with E-state index in [9.17, 15) is 23.6 Å². The third-order valence-corrected chi connectivity index (χ3v) is 3.49. The summed E-state index contributed by atoms with van der Waals surface area (Å²) in [5.74, 6) is -4.00. The van der Waals surface area contributed by atoms with Gasteiger partial charge in [-0.15, -0.1) is 0 Å². The molecule has 2 aromatic rings. The Morgan fingerprint density at radius 3 is 2.00 bits per heavy atom. The molecule has 0 radical (unpaired) electrons. The highest BCUT2D eigenvalue weighted by Crippen LogP contribution is 2.17. The van der Waals surface area contributed by atoms with Crippen molar-refractivity contribution in [3.05, 3.63) is 65.0 Å². The van der Waals surface area contributed by atoms with Gasteiger partial charge in [0.05, 0.1) is 30.9 Å². The number of carbonyl (C=O) groups is 4. The van der Waals surface area contributed by atoms with E-state index >= 15 is 0 Å². The Balaban J connectivity index is 2.10. The molecule has 1 N–H and O–H groups in total.